The second-order valence-corrected chi connectivity index (χ2v) is 10.4. The highest BCUT2D eigenvalue weighted by molar-refractivity contribution is 5.95. The summed E-state index contributed by atoms with van der Waals surface area (Å²) in [6, 6.07) is 11.9. The van der Waals surface area contributed by atoms with Crippen LogP contribution in [0.15, 0.2) is 53.5 Å². The first-order valence-corrected chi connectivity index (χ1v) is 14.7. The zero-order valence-corrected chi connectivity index (χ0v) is 27.2. The Kier molecular flexibility index (Phi) is 16.2. The summed E-state index contributed by atoms with van der Waals surface area (Å²) >= 11 is 0. The number of hydrogen-bond acceptors (Lipinski definition) is 9. The van der Waals surface area contributed by atoms with E-state index in [2.05, 4.69) is 20.9 Å². The summed E-state index contributed by atoms with van der Waals surface area (Å²) in [5.74, 6) is -1.37. The van der Waals surface area contributed by atoms with Crippen LogP contribution in [-0.4, -0.2) is 56.5 Å². The molecule has 0 saturated carbocycles. The van der Waals surface area contributed by atoms with Gasteiger partial charge in [-0.3, -0.25) is 29.2 Å². The summed E-state index contributed by atoms with van der Waals surface area (Å²) in [4.78, 5) is 52.5. The molecule has 0 aliphatic heterocycles. The number of benzene rings is 2. The number of hydrogen-bond donors (Lipinski definition) is 8. The molecule has 0 radical (unpaired) electrons. The molecule has 46 heavy (non-hydrogen) atoms. The molecule has 3 rings (SSSR count). The third-order valence-electron chi connectivity index (χ3n) is 6.41. The Labute approximate surface area is 268 Å². The fourth-order valence-corrected chi connectivity index (χ4v) is 4.23. The quantitative estimate of drug-likeness (QED) is 0.0819. The average Bonchev–Trinajstić information content (AvgIpc) is 2.99. The van der Waals surface area contributed by atoms with Crippen LogP contribution in [-0.2, 0) is 27.5 Å². The number of rotatable bonds is 12. The number of aliphatic hydroxyl groups is 1. The summed E-state index contributed by atoms with van der Waals surface area (Å²) in [6.45, 7) is 8.74. The maximum Gasteiger partial charge on any atom is 0.300 e. The number of nitrogens with two attached hydrogens (primary N) is 2. The molecular weight excluding hydrogens is 592 g/mol. The van der Waals surface area contributed by atoms with E-state index in [-0.39, 0.29) is 48.5 Å². The van der Waals surface area contributed by atoms with Gasteiger partial charge in [0.05, 0.1) is 11.9 Å². The number of aliphatic carboxylic acids is 1. The minimum Gasteiger partial charge on any atom is -0.481 e. The molecule has 0 bridgehead atoms. The summed E-state index contributed by atoms with van der Waals surface area (Å²) in [6.07, 6.45) is 2.93. The minimum atomic E-state index is -0.833. The molecule has 0 fully saturated rings. The molecule has 2 amide bonds. The van der Waals surface area contributed by atoms with Crippen LogP contribution in [0.4, 0.5) is 17.2 Å². The van der Waals surface area contributed by atoms with Crippen LogP contribution in [0.2, 0.25) is 0 Å². The molecule has 2 aromatic carbocycles. The highest BCUT2D eigenvalue weighted by Crippen LogP contribution is 2.26. The monoisotopic (exact) mass is 638 g/mol. The molecule has 1 aromatic heterocycles. The molecule has 0 aliphatic carbocycles. The van der Waals surface area contributed by atoms with Crippen LogP contribution in [0.5, 0.6) is 0 Å². The molecule has 14 heteroatoms. The van der Waals surface area contributed by atoms with E-state index in [9.17, 15) is 14.4 Å². The Balaban J connectivity index is 0.00000163. The number of nitrogens with one attached hydrogen (secondary N) is 4. The van der Waals surface area contributed by atoms with Crippen molar-refractivity contribution in [2.75, 3.05) is 23.5 Å². The predicted octanol–water partition coefficient (Wildman–Crippen LogP) is 2.99. The Bertz CT molecular complexity index is 1530. The van der Waals surface area contributed by atoms with Crippen molar-refractivity contribution in [1.29, 1.82) is 5.41 Å². The number of carboxylic acids is 1. The average molecular weight is 639 g/mol. The summed E-state index contributed by atoms with van der Waals surface area (Å²) in [5, 5.41) is 30.7. The van der Waals surface area contributed by atoms with Crippen molar-refractivity contribution in [2.45, 2.75) is 66.6 Å². The first-order chi connectivity index (χ1) is 21.7. The van der Waals surface area contributed by atoms with Crippen molar-refractivity contribution < 1.29 is 24.6 Å². The lowest BCUT2D eigenvalue weighted by atomic mass is 10.0. The number of carbonyl (C=O) groups excluding carboxylic acids is 2. The summed E-state index contributed by atoms with van der Waals surface area (Å²) in [5.41, 5.74) is 14.4. The third-order valence-corrected chi connectivity index (χ3v) is 6.41. The first kappa shape index (κ1) is 38.8. The normalized spacial score (nSPS) is 10.2. The molecule has 14 nitrogen and oxygen atoms in total. The van der Waals surface area contributed by atoms with Gasteiger partial charge in [0.1, 0.15) is 12.4 Å². The van der Waals surface area contributed by atoms with E-state index < -0.39 is 11.5 Å². The number of aromatic nitrogens is 2. The van der Waals surface area contributed by atoms with E-state index in [0.29, 0.717) is 41.0 Å². The molecule has 250 valence electrons. The van der Waals surface area contributed by atoms with Crippen molar-refractivity contribution in [3.8, 4) is 11.3 Å². The number of anilines is 3. The minimum absolute atomic E-state index is 0.0363. The van der Waals surface area contributed by atoms with Crippen molar-refractivity contribution in [3.05, 3.63) is 70.1 Å². The third kappa shape index (κ3) is 12.4. The zero-order valence-electron chi connectivity index (χ0n) is 27.2. The molecule has 0 saturated heterocycles. The highest BCUT2D eigenvalue weighted by atomic mass is 16.4. The molecule has 3 aromatic rings. The van der Waals surface area contributed by atoms with Gasteiger partial charge >= 0.3 is 0 Å². The van der Waals surface area contributed by atoms with Gasteiger partial charge < -0.3 is 37.6 Å². The Morgan fingerprint density at radius 1 is 1.04 bits per heavy atom. The van der Waals surface area contributed by atoms with Gasteiger partial charge in [-0.25, -0.2) is 4.98 Å². The summed E-state index contributed by atoms with van der Waals surface area (Å²) < 4.78 is 1.34. The smallest absolute Gasteiger partial charge is 0.300 e. The number of aliphatic hydroxyl groups excluding tert-OH is 1. The fraction of sp³-hybridized carbons (Fsp3) is 0.375. The molecule has 10 N–H and O–H groups in total. The van der Waals surface area contributed by atoms with Crippen LogP contribution in [0, 0.1) is 11.3 Å². The second kappa shape index (κ2) is 19.2. The molecule has 0 aliphatic rings. The van der Waals surface area contributed by atoms with Gasteiger partial charge in [-0.05, 0) is 50.5 Å². The lowest BCUT2D eigenvalue weighted by Gasteiger charge is -2.18. The highest BCUT2D eigenvalue weighted by Gasteiger charge is 2.18. The SMILES string of the molecule is CC(=O)O.CCC(CC)C(=O)Nc1cc(N)cc(-c2cnc(NC(C)C)c(=O)n2CC(=O)NCc2ccc(C(=N)N)cc2)c1.CO. The van der Waals surface area contributed by atoms with E-state index in [1.165, 1.54) is 10.8 Å². The first-order valence-electron chi connectivity index (χ1n) is 14.7. The van der Waals surface area contributed by atoms with Crippen molar-refractivity contribution in [3.63, 3.8) is 0 Å². The van der Waals surface area contributed by atoms with E-state index in [1.807, 2.05) is 27.7 Å². The topological polar surface area (TPSA) is 239 Å². The lowest BCUT2D eigenvalue weighted by molar-refractivity contribution is -0.134. The largest absolute Gasteiger partial charge is 0.481 e. The van der Waals surface area contributed by atoms with Crippen molar-refractivity contribution in [1.82, 2.24) is 14.9 Å². The van der Waals surface area contributed by atoms with Crippen LogP contribution in [0.1, 0.15) is 58.6 Å². The number of amides is 2. The van der Waals surface area contributed by atoms with Crippen LogP contribution in [0.3, 0.4) is 0 Å². The van der Waals surface area contributed by atoms with Gasteiger partial charge in [-0.1, -0.05) is 38.1 Å². The molecule has 0 spiro atoms. The molecule has 0 unspecified atom stereocenters. The molecule has 1 heterocycles. The van der Waals surface area contributed by atoms with Gasteiger partial charge in [-0.2, -0.15) is 0 Å². The van der Waals surface area contributed by atoms with Gasteiger partial charge in [-0.15, -0.1) is 0 Å². The number of amidine groups is 1. The van der Waals surface area contributed by atoms with Crippen LogP contribution >= 0.6 is 0 Å². The Morgan fingerprint density at radius 3 is 2.15 bits per heavy atom. The van der Waals surface area contributed by atoms with Crippen LogP contribution in [0.25, 0.3) is 11.3 Å². The Hall–Kier alpha value is -5.24. The van der Waals surface area contributed by atoms with Crippen LogP contribution < -0.4 is 33.0 Å². The van der Waals surface area contributed by atoms with Gasteiger partial charge in [0.2, 0.25) is 11.8 Å². The Morgan fingerprint density at radius 2 is 1.63 bits per heavy atom. The van der Waals surface area contributed by atoms with E-state index in [0.717, 1.165) is 19.6 Å². The van der Waals surface area contributed by atoms with Crippen molar-refractivity contribution >= 4 is 40.8 Å². The lowest BCUT2D eigenvalue weighted by Crippen LogP contribution is -2.35. The molecule has 0 atom stereocenters. The number of carbonyl (C=O) groups is 3. The predicted molar refractivity (Wildman–Crippen MR) is 181 cm³/mol. The van der Waals surface area contributed by atoms with Crippen molar-refractivity contribution in [2.24, 2.45) is 11.7 Å². The zero-order chi connectivity index (χ0) is 35.0. The fourth-order valence-electron chi connectivity index (χ4n) is 4.23. The van der Waals surface area contributed by atoms with Gasteiger partial charge in [0.25, 0.3) is 11.5 Å². The van der Waals surface area contributed by atoms with E-state index in [1.54, 1.807) is 42.5 Å². The standard InChI is InChI=1S/C29H38N8O3.C2H4O2.CH4O/c1-5-19(6-2)28(39)36-23-12-21(11-22(30)13-23)24-15-34-27(35-17(3)4)29(40)37(24)16-25(38)33-14-18-7-9-20(10-8-18)26(31)32;1-2(3)4;1-2/h7-13,15,17,19H,5-6,14,16,30H2,1-4H3,(H3,31,32)(H,33,38)(H,34,35)(H,36,39);1H3,(H,3,4);2H,1H3. The maximum absolute atomic E-state index is 13.4. The van der Waals surface area contributed by atoms with Gasteiger partial charge in [0, 0.05) is 55.0 Å². The maximum atomic E-state index is 13.4. The van der Waals surface area contributed by atoms with E-state index >= 15 is 0 Å². The number of carboxylic acid groups (broad SMARTS) is 1. The number of nitrogens with zero attached hydrogens (tertiary/aromatic N) is 2. The summed E-state index contributed by atoms with van der Waals surface area (Å²) in [7, 11) is 1.00. The van der Waals surface area contributed by atoms with E-state index in [4.69, 9.17) is 31.9 Å². The second-order valence-electron chi connectivity index (χ2n) is 10.4. The number of nitrogen functional groups attached to an aromatic ring is 2. The van der Waals surface area contributed by atoms with Gasteiger partial charge in [0.15, 0.2) is 5.82 Å². The molecular formula is C32H46N8O6.